The third kappa shape index (κ3) is 4.10. The van der Waals surface area contributed by atoms with E-state index in [1.54, 1.807) is 0 Å². The number of nitrogens with zero attached hydrogens (tertiary/aromatic N) is 2. The Morgan fingerprint density at radius 1 is 0.458 bits per heavy atom. The van der Waals surface area contributed by atoms with E-state index in [2.05, 4.69) is 159 Å². The van der Waals surface area contributed by atoms with Crippen LogP contribution >= 0.6 is 11.3 Å². The highest BCUT2D eigenvalue weighted by Gasteiger charge is 2.37. The van der Waals surface area contributed by atoms with Crippen LogP contribution in [0, 0.1) is 0 Å². The fraction of sp³-hybridized carbons (Fsp3) is 0.0455. The van der Waals surface area contributed by atoms with Crippen LogP contribution in [0.15, 0.2) is 146 Å². The smallest absolute Gasteiger partial charge is 0.113 e. The SMILES string of the molecule is C[Si]1(C)c2ccccc2-c2ccc(-c3ccc4ccc5ccc(-c6ccc(-c7cccc8c7sc7ccccc78)cc6)nc5c4n3)cc21. The standard InChI is InChI=1S/C44H30N2SSi/c1-48(2)40-13-6-4-9-34(40)35-23-20-31(26-41(35)48)38-25-22-30-19-18-29-21-24-37(45-42(29)43(30)46-38)28-16-14-27(15-17-28)32-10-7-11-36-33-8-3-5-12-39(33)47-44(32)36/h3-26H,1-2H3. The Balaban J connectivity index is 1.04. The third-order valence-corrected chi connectivity index (χ3v) is 15.1. The van der Waals surface area contributed by atoms with E-state index in [0.29, 0.717) is 0 Å². The normalized spacial score (nSPS) is 13.4. The topological polar surface area (TPSA) is 25.8 Å². The van der Waals surface area contributed by atoms with Gasteiger partial charge in [-0.15, -0.1) is 11.3 Å². The van der Waals surface area contributed by atoms with Gasteiger partial charge in [0.1, 0.15) is 8.07 Å². The molecule has 0 N–H and O–H groups in total. The predicted octanol–water partition coefficient (Wildman–Crippen LogP) is 11.0. The van der Waals surface area contributed by atoms with Crippen LogP contribution in [-0.2, 0) is 0 Å². The summed E-state index contributed by atoms with van der Waals surface area (Å²) < 4.78 is 2.66. The van der Waals surface area contributed by atoms with E-state index in [1.165, 1.54) is 58.4 Å². The van der Waals surface area contributed by atoms with Crippen molar-refractivity contribution >= 4 is 71.8 Å². The molecule has 0 unspecified atom stereocenters. The monoisotopic (exact) mass is 646 g/mol. The average molecular weight is 647 g/mol. The van der Waals surface area contributed by atoms with E-state index in [-0.39, 0.29) is 0 Å². The van der Waals surface area contributed by atoms with Crippen molar-refractivity contribution in [2.24, 2.45) is 0 Å². The van der Waals surface area contributed by atoms with Crippen LogP contribution < -0.4 is 10.4 Å². The number of hydrogen-bond acceptors (Lipinski definition) is 3. The molecule has 2 nitrogen and oxygen atoms in total. The summed E-state index contributed by atoms with van der Waals surface area (Å²) in [5.41, 5.74) is 11.4. The van der Waals surface area contributed by atoms with Crippen LogP contribution in [-0.4, -0.2) is 18.0 Å². The molecule has 0 amide bonds. The van der Waals surface area contributed by atoms with E-state index in [9.17, 15) is 0 Å². The number of aromatic nitrogens is 2. The number of fused-ring (bicyclic) bond motifs is 9. The fourth-order valence-electron chi connectivity index (χ4n) is 7.75. The molecule has 0 radical (unpaired) electrons. The minimum atomic E-state index is -1.78. The van der Waals surface area contributed by atoms with Gasteiger partial charge in [-0.3, -0.25) is 0 Å². The first-order chi connectivity index (χ1) is 23.5. The maximum atomic E-state index is 5.29. The van der Waals surface area contributed by atoms with E-state index in [0.717, 1.165) is 38.8 Å². The van der Waals surface area contributed by atoms with Gasteiger partial charge < -0.3 is 0 Å². The van der Waals surface area contributed by atoms with Crippen LogP contribution in [0.1, 0.15) is 0 Å². The van der Waals surface area contributed by atoms with Crippen molar-refractivity contribution in [3.8, 4) is 44.8 Å². The average Bonchev–Trinajstić information content (AvgIpc) is 3.63. The minimum Gasteiger partial charge on any atom is -0.245 e. The molecule has 4 heterocycles. The first-order valence-electron chi connectivity index (χ1n) is 16.5. The molecule has 1 aliphatic rings. The van der Waals surface area contributed by atoms with Crippen molar-refractivity contribution in [1.29, 1.82) is 0 Å². The van der Waals surface area contributed by atoms with Gasteiger partial charge in [-0.1, -0.05) is 140 Å². The highest BCUT2D eigenvalue weighted by atomic mass is 32.1. The van der Waals surface area contributed by atoms with E-state index >= 15 is 0 Å². The number of thiophene rings is 1. The van der Waals surface area contributed by atoms with Crippen molar-refractivity contribution in [2.75, 3.05) is 0 Å². The number of rotatable bonds is 3. The Morgan fingerprint density at radius 3 is 1.83 bits per heavy atom. The fourth-order valence-corrected chi connectivity index (χ4v) is 12.1. The van der Waals surface area contributed by atoms with Crippen molar-refractivity contribution in [1.82, 2.24) is 9.97 Å². The molecule has 0 atom stereocenters. The first kappa shape index (κ1) is 27.7. The zero-order valence-corrected chi connectivity index (χ0v) is 28.5. The molecule has 226 valence electrons. The van der Waals surface area contributed by atoms with Crippen molar-refractivity contribution < 1.29 is 0 Å². The Morgan fingerprint density at radius 2 is 1.04 bits per heavy atom. The molecule has 0 bridgehead atoms. The molecule has 0 aliphatic carbocycles. The maximum Gasteiger partial charge on any atom is 0.113 e. The largest absolute Gasteiger partial charge is 0.245 e. The summed E-state index contributed by atoms with van der Waals surface area (Å²) in [6, 6.07) is 53.1. The highest BCUT2D eigenvalue weighted by molar-refractivity contribution is 7.26. The van der Waals surface area contributed by atoms with Gasteiger partial charge in [0.25, 0.3) is 0 Å². The van der Waals surface area contributed by atoms with Crippen molar-refractivity contribution in [3.63, 3.8) is 0 Å². The molecule has 3 aromatic heterocycles. The lowest BCUT2D eigenvalue weighted by Gasteiger charge is -2.19. The maximum absolute atomic E-state index is 5.29. The Hall–Kier alpha value is -5.42. The minimum absolute atomic E-state index is 0.939. The number of benzene rings is 6. The summed E-state index contributed by atoms with van der Waals surface area (Å²) in [7, 11) is -1.78. The number of hydrogen-bond donors (Lipinski definition) is 0. The summed E-state index contributed by atoms with van der Waals surface area (Å²) >= 11 is 1.87. The van der Waals surface area contributed by atoms with Gasteiger partial charge in [-0.05, 0) is 50.8 Å². The van der Waals surface area contributed by atoms with Gasteiger partial charge in [-0.2, -0.15) is 0 Å². The van der Waals surface area contributed by atoms with Gasteiger partial charge in [0.15, 0.2) is 0 Å². The van der Waals surface area contributed by atoms with Crippen LogP contribution in [0.2, 0.25) is 13.1 Å². The zero-order valence-electron chi connectivity index (χ0n) is 26.7. The quantitative estimate of drug-likeness (QED) is 0.141. The molecule has 1 aliphatic heterocycles. The van der Waals surface area contributed by atoms with Crippen LogP contribution in [0.25, 0.3) is 86.7 Å². The van der Waals surface area contributed by atoms with Crippen LogP contribution in [0.5, 0.6) is 0 Å². The molecule has 0 saturated heterocycles. The molecular weight excluding hydrogens is 617 g/mol. The molecule has 0 saturated carbocycles. The lowest BCUT2D eigenvalue weighted by atomic mass is 10.00. The van der Waals surface area contributed by atoms with Gasteiger partial charge in [-0.25, -0.2) is 9.97 Å². The van der Waals surface area contributed by atoms with Crippen molar-refractivity contribution in [2.45, 2.75) is 13.1 Å². The highest BCUT2D eigenvalue weighted by Crippen LogP contribution is 2.40. The van der Waals surface area contributed by atoms with Crippen LogP contribution in [0.3, 0.4) is 0 Å². The second-order valence-electron chi connectivity index (χ2n) is 13.4. The summed E-state index contributed by atoms with van der Waals surface area (Å²) in [6.07, 6.45) is 0. The molecule has 10 rings (SSSR count). The summed E-state index contributed by atoms with van der Waals surface area (Å²) in [5.74, 6) is 0. The van der Waals surface area contributed by atoms with E-state index < -0.39 is 8.07 Å². The molecule has 0 fully saturated rings. The van der Waals surface area contributed by atoms with Gasteiger partial charge >= 0.3 is 0 Å². The molecule has 0 spiro atoms. The summed E-state index contributed by atoms with van der Waals surface area (Å²) in [4.78, 5) is 10.5. The summed E-state index contributed by atoms with van der Waals surface area (Å²) in [6.45, 7) is 4.93. The third-order valence-electron chi connectivity index (χ3n) is 10.3. The summed E-state index contributed by atoms with van der Waals surface area (Å²) in [5, 5.41) is 7.87. The molecule has 4 heteroatoms. The Bertz CT molecular complexity index is 2760. The van der Waals surface area contributed by atoms with Gasteiger partial charge in [0, 0.05) is 42.1 Å². The molecular formula is C44H30N2SSi. The van der Waals surface area contributed by atoms with E-state index in [1.807, 2.05) is 11.3 Å². The molecule has 48 heavy (non-hydrogen) atoms. The zero-order chi connectivity index (χ0) is 32.0. The van der Waals surface area contributed by atoms with E-state index in [4.69, 9.17) is 9.97 Å². The second-order valence-corrected chi connectivity index (χ2v) is 18.8. The van der Waals surface area contributed by atoms with Gasteiger partial charge in [0.05, 0.1) is 22.4 Å². The second kappa shape index (κ2) is 10.3. The Kier molecular flexibility index (Phi) is 5.93. The molecule has 6 aromatic carbocycles. The molecule has 9 aromatic rings. The van der Waals surface area contributed by atoms with Crippen molar-refractivity contribution in [3.05, 3.63) is 146 Å². The first-order valence-corrected chi connectivity index (χ1v) is 20.3. The lowest BCUT2D eigenvalue weighted by molar-refractivity contribution is 1.37. The van der Waals surface area contributed by atoms with Crippen LogP contribution in [0.4, 0.5) is 0 Å². The number of pyridine rings is 2. The predicted molar refractivity (Wildman–Crippen MR) is 208 cm³/mol. The van der Waals surface area contributed by atoms with Gasteiger partial charge in [0.2, 0.25) is 0 Å². The lowest BCUT2D eigenvalue weighted by Crippen LogP contribution is -2.49. The Labute approximate surface area is 284 Å².